The fourth-order valence-corrected chi connectivity index (χ4v) is 2.17. The molecule has 0 saturated heterocycles. The van der Waals surface area contributed by atoms with Crippen molar-refractivity contribution in [1.82, 2.24) is 24.9 Å². The van der Waals surface area contributed by atoms with Crippen molar-refractivity contribution in [3.8, 4) is 0 Å². The number of aryl methyl sites for hydroxylation is 2. The zero-order valence-corrected chi connectivity index (χ0v) is 14.0. The minimum absolute atomic E-state index is 0.195. The average molecular weight is 339 g/mol. The minimum Gasteiger partial charge on any atom is -0.354 e. The van der Waals surface area contributed by atoms with Crippen LogP contribution in [-0.2, 0) is 17.9 Å². The first-order chi connectivity index (χ1) is 11.0. The Morgan fingerprint density at radius 3 is 2.70 bits per heavy atom. The summed E-state index contributed by atoms with van der Waals surface area (Å²) in [6.45, 7) is 4.74. The van der Waals surface area contributed by atoms with E-state index in [-0.39, 0.29) is 23.9 Å². The molecule has 2 rings (SSSR count). The first-order valence-corrected chi connectivity index (χ1v) is 7.61. The summed E-state index contributed by atoms with van der Waals surface area (Å²) in [5.41, 5.74) is 1.40. The largest absolute Gasteiger partial charge is 0.354 e. The first kappa shape index (κ1) is 17.0. The summed E-state index contributed by atoms with van der Waals surface area (Å²) >= 11 is 5.93. The molecular formula is C14H19ClN6O2. The van der Waals surface area contributed by atoms with Crippen LogP contribution in [0.25, 0.3) is 0 Å². The Hall–Kier alpha value is -2.35. The lowest BCUT2D eigenvalue weighted by molar-refractivity contribution is -0.116. The monoisotopic (exact) mass is 338 g/mol. The highest BCUT2D eigenvalue weighted by Crippen LogP contribution is 2.16. The van der Waals surface area contributed by atoms with E-state index in [4.69, 9.17) is 11.6 Å². The van der Waals surface area contributed by atoms with Crippen molar-refractivity contribution in [2.24, 2.45) is 0 Å². The summed E-state index contributed by atoms with van der Waals surface area (Å²) in [4.78, 5) is 23.9. The molecule has 8 nitrogen and oxygen atoms in total. The Kier molecular flexibility index (Phi) is 5.38. The molecule has 2 aromatic heterocycles. The Morgan fingerprint density at radius 1 is 1.39 bits per heavy atom. The predicted molar refractivity (Wildman–Crippen MR) is 86.5 cm³/mol. The fraction of sp³-hybridized carbons (Fsp3) is 0.429. The molecule has 2 aromatic rings. The molecule has 0 saturated carbocycles. The van der Waals surface area contributed by atoms with Crippen molar-refractivity contribution in [3.05, 3.63) is 28.8 Å². The number of aromatic nitrogens is 4. The molecule has 23 heavy (non-hydrogen) atoms. The lowest BCUT2D eigenvalue weighted by Gasteiger charge is -2.06. The van der Waals surface area contributed by atoms with Crippen LogP contribution in [0.15, 0.2) is 12.4 Å². The number of hydrogen-bond acceptors (Lipinski definition) is 4. The standard InChI is InChI=1S/C14H19ClN6O2/c1-4-20-8-11(13(19-20)14(23)16-3)18-12(22)5-6-21-9(2)10(15)7-17-21/h7-8H,4-6H2,1-3H3,(H,16,23)(H,18,22). The molecule has 0 atom stereocenters. The summed E-state index contributed by atoms with van der Waals surface area (Å²) in [5.74, 6) is -0.570. The predicted octanol–water partition coefficient (Wildman–Crippen LogP) is 1.45. The molecule has 9 heteroatoms. The van der Waals surface area contributed by atoms with Gasteiger partial charge in [-0.1, -0.05) is 11.6 Å². The molecule has 2 heterocycles. The van der Waals surface area contributed by atoms with Crippen LogP contribution in [0.5, 0.6) is 0 Å². The summed E-state index contributed by atoms with van der Waals surface area (Å²) < 4.78 is 3.26. The number of halogens is 1. The van der Waals surface area contributed by atoms with Crippen LogP contribution in [-0.4, -0.2) is 38.4 Å². The highest BCUT2D eigenvalue weighted by Gasteiger charge is 2.17. The van der Waals surface area contributed by atoms with Gasteiger partial charge in [0.25, 0.3) is 5.91 Å². The third kappa shape index (κ3) is 3.89. The van der Waals surface area contributed by atoms with Crippen molar-refractivity contribution in [2.75, 3.05) is 12.4 Å². The Labute approximate surface area is 138 Å². The van der Waals surface area contributed by atoms with Crippen LogP contribution in [0.4, 0.5) is 5.69 Å². The van der Waals surface area contributed by atoms with E-state index >= 15 is 0 Å². The van der Waals surface area contributed by atoms with Crippen molar-refractivity contribution < 1.29 is 9.59 Å². The second kappa shape index (κ2) is 7.28. The molecule has 2 amide bonds. The summed E-state index contributed by atoms with van der Waals surface area (Å²) in [5, 5.41) is 14.0. The molecular weight excluding hydrogens is 320 g/mol. The van der Waals surface area contributed by atoms with Crippen molar-refractivity contribution in [1.29, 1.82) is 0 Å². The van der Waals surface area contributed by atoms with Gasteiger partial charge in [0.05, 0.1) is 29.1 Å². The Bertz CT molecular complexity index is 721. The molecule has 0 aliphatic carbocycles. The zero-order valence-electron chi connectivity index (χ0n) is 13.3. The number of nitrogens with one attached hydrogen (secondary N) is 2. The van der Waals surface area contributed by atoms with Crippen molar-refractivity contribution in [2.45, 2.75) is 33.4 Å². The lowest BCUT2D eigenvalue weighted by Crippen LogP contribution is -2.22. The first-order valence-electron chi connectivity index (χ1n) is 7.23. The molecule has 0 aromatic carbocycles. The maximum absolute atomic E-state index is 12.1. The van der Waals surface area contributed by atoms with Gasteiger partial charge in [0, 0.05) is 26.2 Å². The van der Waals surface area contributed by atoms with E-state index in [1.165, 1.54) is 7.05 Å². The van der Waals surface area contributed by atoms with Gasteiger partial charge in [-0.05, 0) is 13.8 Å². The third-order valence-electron chi connectivity index (χ3n) is 3.40. The van der Waals surface area contributed by atoms with Gasteiger partial charge >= 0.3 is 0 Å². The van der Waals surface area contributed by atoms with Gasteiger partial charge < -0.3 is 10.6 Å². The number of carbonyl (C=O) groups is 2. The number of anilines is 1. The normalized spacial score (nSPS) is 10.6. The van der Waals surface area contributed by atoms with Gasteiger partial charge in [-0.3, -0.25) is 19.0 Å². The molecule has 0 radical (unpaired) electrons. The number of rotatable bonds is 6. The topological polar surface area (TPSA) is 93.8 Å². The summed E-state index contributed by atoms with van der Waals surface area (Å²) in [7, 11) is 1.52. The molecule has 0 unspecified atom stereocenters. The fourth-order valence-electron chi connectivity index (χ4n) is 2.03. The Balaban J connectivity index is 2.03. The molecule has 0 fully saturated rings. The van der Waals surface area contributed by atoms with Gasteiger partial charge in [0.1, 0.15) is 0 Å². The van der Waals surface area contributed by atoms with Gasteiger partial charge in [0.15, 0.2) is 5.69 Å². The van der Waals surface area contributed by atoms with Crippen LogP contribution in [0.3, 0.4) is 0 Å². The van der Waals surface area contributed by atoms with E-state index in [9.17, 15) is 9.59 Å². The second-order valence-corrected chi connectivity index (χ2v) is 5.33. The van der Waals surface area contributed by atoms with Crippen LogP contribution in [0.2, 0.25) is 5.02 Å². The van der Waals surface area contributed by atoms with Gasteiger partial charge in [-0.15, -0.1) is 0 Å². The summed E-state index contributed by atoms with van der Waals surface area (Å²) in [6.07, 6.45) is 3.39. The smallest absolute Gasteiger partial charge is 0.273 e. The Morgan fingerprint density at radius 2 is 2.13 bits per heavy atom. The number of carbonyl (C=O) groups excluding carboxylic acids is 2. The van der Waals surface area contributed by atoms with Gasteiger partial charge in [0.2, 0.25) is 5.91 Å². The molecule has 0 bridgehead atoms. The van der Waals surface area contributed by atoms with Gasteiger partial charge in [-0.2, -0.15) is 10.2 Å². The van der Waals surface area contributed by atoms with E-state index in [1.54, 1.807) is 21.8 Å². The third-order valence-corrected chi connectivity index (χ3v) is 3.77. The molecule has 2 N–H and O–H groups in total. The van der Waals surface area contributed by atoms with E-state index in [0.29, 0.717) is 23.8 Å². The average Bonchev–Trinajstić information content (AvgIpc) is 3.09. The zero-order chi connectivity index (χ0) is 17.0. The van der Waals surface area contributed by atoms with E-state index < -0.39 is 0 Å². The van der Waals surface area contributed by atoms with Crippen LogP contribution in [0.1, 0.15) is 29.5 Å². The van der Waals surface area contributed by atoms with Crippen molar-refractivity contribution >= 4 is 29.1 Å². The highest BCUT2D eigenvalue weighted by molar-refractivity contribution is 6.31. The molecule has 0 spiro atoms. The maximum atomic E-state index is 12.1. The van der Waals surface area contributed by atoms with E-state index in [2.05, 4.69) is 20.8 Å². The summed E-state index contributed by atoms with van der Waals surface area (Å²) in [6, 6.07) is 0. The number of hydrogen-bond donors (Lipinski definition) is 2. The molecule has 0 aliphatic heterocycles. The molecule has 0 aliphatic rings. The van der Waals surface area contributed by atoms with Gasteiger partial charge in [-0.25, -0.2) is 0 Å². The quantitative estimate of drug-likeness (QED) is 0.833. The maximum Gasteiger partial charge on any atom is 0.273 e. The number of amides is 2. The molecule has 124 valence electrons. The lowest BCUT2D eigenvalue weighted by atomic mass is 10.3. The van der Waals surface area contributed by atoms with E-state index in [0.717, 1.165) is 5.69 Å². The minimum atomic E-state index is -0.345. The SMILES string of the molecule is CCn1cc(NC(=O)CCn2ncc(Cl)c2C)c(C(=O)NC)n1. The van der Waals surface area contributed by atoms with E-state index in [1.807, 2.05) is 13.8 Å². The van der Waals surface area contributed by atoms with Crippen LogP contribution >= 0.6 is 11.6 Å². The van der Waals surface area contributed by atoms with Crippen LogP contribution < -0.4 is 10.6 Å². The number of nitrogens with zero attached hydrogens (tertiary/aromatic N) is 4. The van der Waals surface area contributed by atoms with Crippen molar-refractivity contribution in [3.63, 3.8) is 0 Å². The van der Waals surface area contributed by atoms with Crippen LogP contribution in [0, 0.1) is 6.92 Å². The second-order valence-electron chi connectivity index (χ2n) is 4.93. The highest BCUT2D eigenvalue weighted by atomic mass is 35.5.